The number of anilines is 3. The highest BCUT2D eigenvalue weighted by atomic mass is 32.2. The largest absolute Gasteiger partial charge is 0.309 e. The Morgan fingerprint density at radius 2 is 1.96 bits per heavy atom. The second kappa shape index (κ2) is 7.04. The summed E-state index contributed by atoms with van der Waals surface area (Å²) in [6, 6.07) is 8.35. The van der Waals surface area contributed by atoms with E-state index in [1.165, 1.54) is 28.7 Å². The van der Waals surface area contributed by atoms with Gasteiger partial charge < -0.3 is 4.90 Å². The van der Waals surface area contributed by atoms with E-state index in [-0.39, 0.29) is 11.7 Å². The summed E-state index contributed by atoms with van der Waals surface area (Å²) in [5.74, 6) is 0.940. The molecular weight excluding hydrogens is 370 g/mol. The van der Waals surface area contributed by atoms with Crippen molar-refractivity contribution < 1.29 is 4.79 Å². The minimum Gasteiger partial charge on any atom is -0.309 e. The first kappa shape index (κ1) is 17.0. The van der Waals surface area contributed by atoms with Gasteiger partial charge in [-0.1, -0.05) is 40.8 Å². The second-order valence-corrected chi connectivity index (χ2v) is 8.01. The van der Waals surface area contributed by atoms with Crippen molar-refractivity contribution in [3.8, 4) is 0 Å². The predicted molar refractivity (Wildman–Crippen MR) is 102 cm³/mol. The molecule has 1 aliphatic rings. The van der Waals surface area contributed by atoms with Crippen LogP contribution in [0.5, 0.6) is 0 Å². The Morgan fingerprint density at radius 3 is 2.69 bits per heavy atom. The Balaban J connectivity index is 1.41. The predicted octanol–water partition coefficient (Wildman–Crippen LogP) is 2.63. The van der Waals surface area contributed by atoms with Gasteiger partial charge in [0.25, 0.3) is 0 Å². The van der Waals surface area contributed by atoms with E-state index in [4.69, 9.17) is 0 Å². The third-order valence-corrected chi connectivity index (χ3v) is 5.66. The molecule has 10 heteroatoms. The van der Waals surface area contributed by atoms with E-state index in [2.05, 4.69) is 61.8 Å². The van der Waals surface area contributed by atoms with Gasteiger partial charge in [0.15, 0.2) is 5.16 Å². The number of hydrogen-bond acceptors (Lipinski definition) is 8. The van der Waals surface area contributed by atoms with Crippen LogP contribution in [0, 0.1) is 13.8 Å². The van der Waals surface area contributed by atoms with Crippen LogP contribution in [0.1, 0.15) is 10.6 Å². The number of hydrogen-bond donors (Lipinski definition) is 1. The molecular formula is C16H17N7OS2. The zero-order chi connectivity index (χ0) is 18.1. The molecule has 1 aliphatic heterocycles. The van der Waals surface area contributed by atoms with Gasteiger partial charge in [0, 0.05) is 18.8 Å². The summed E-state index contributed by atoms with van der Waals surface area (Å²) in [5, 5.41) is 21.2. The minimum absolute atomic E-state index is 0.128. The van der Waals surface area contributed by atoms with Crippen LogP contribution >= 0.6 is 23.1 Å². The van der Waals surface area contributed by atoms with E-state index < -0.39 is 0 Å². The monoisotopic (exact) mass is 387 g/mol. The van der Waals surface area contributed by atoms with Crippen LogP contribution in [-0.2, 0) is 11.3 Å². The molecule has 0 aliphatic carbocycles. The summed E-state index contributed by atoms with van der Waals surface area (Å²) < 4.78 is 2.05. The Kier molecular flexibility index (Phi) is 4.60. The summed E-state index contributed by atoms with van der Waals surface area (Å²) in [6.07, 6.45) is 0. The first-order valence-corrected chi connectivity index (χ1v) is 9.90. The quantitative estimate of drug-likeness (QED) is 0.673. The van der Waals surface area contributed by atoms with Gasteiger partial charge in [0.2, 0.25) is 17.0 Å². The molecule has 0 saturated carbocycles. The van der Waals surface area contributed by atoms with Crippen LogP contribution in [0.15, 0.2) is 29.4 Å². The van der Waals surface area contributed by atoms with E-state index in [0.29, 0.717) is 5.13 Å². The van der Waals surface area contributed by atoms with Gasteiger partial charge in [-0.3, -0.25) is 14.7 Å². The molecule has 3 aromatic rings. The SMILES string of the molecule is Cc1ccc(N2CCn3c(SCC(=O)Nc4nnc(C)s4)nnc32)cc1. The van der Waals surface area contributed by atoms with Crippen molar-refractivity contribution in [1.29, 1.82) is 0 Å². The number of thioether (sulfide) groups is 1. The van der Waals surface area contributed by atoms with E-state index >= 15 is 0 Å². The number of amides is 1. The number of fused-ring (bicyclic) bond motifs is 1. The maximum absolute atomic E-state index is 12.1. The summed E-state index contributed by atoms with van der Waals surface area (Å²) >= 11 is 2.73. The summed E-state index contributed by atoms with van der Waals surface area (Å²) in [6.45, 7) is 5.56. The molecule has 3 heterocycles. The van der Waals surface area contributed by atoms with Crippen LogP contribution in [0.2, 0.25) is 0 Å². The van der Waals surface area contributed by atoms with Crippen LogP contribution in [0.3, 0.4) is 0 Å². The van der Waals surface area contributed by atoms with Gasteiger partial charge in [0.05, 0.1) is 5.75 Å². The Labute approximate surface area is 158 Å². The molecule has 4 rings (SSSR count). The number of aryl methyl sites for hydroxylation is 2. The van der Waals surface area contributed by atoms with Gasteiger partial charge in [0.1, 0.15) is 5.01 Å². The number of carbonyl (C=O) groups is 1. The van der Waals surface area contributed by atoms with Crippen molar-refractivity contribution in [2.45, 2.75) is 25.5 Å². The Hall–Kier alpha value is -2.46. The van der Waals surface area contributed by atoms with Crippen LogP contribution in [-0.4, -0.2) is 43.2 Å². The summed E-state index contributed by atoms with van der Waals surface area (Å²) in [7, 11) is 0. The van der Waals surface area contributed by atoms with Crippen LogP contribution in [0.25, 0.3) is 0 Å². The highest BCUT2D eigenvalue weighted by molar-refractivity contribution is 7.99. The molecule has 0 unspecified atom stereocenters. The third kappa shape index (κ3) is 3.42. The Morgan fingerprint density at radius 1 is 1.15 bits per heavy atom. The van der Waals surface area contributed by atoms with Gasteiger partial charge >= 0.3 is 0 Å². The van der Waals surface area contributed by atoms with Crippen LogP contribution < -0.4 is 10.2 Å². The summed E-state index contributed by atoms with van der Waals surface area (Å²) in [5.41, 5.74) is 2.32. The number of rotatable bonds is 5. The second-order valence-electron chi connectivity index (χ2n) is 5.88. The van der Waals surface area contributed by atoms with Crippen molar-refractivity contribution in [2.75, 3.05) is 22.5 Å². The summed E-state index contributed by atoms with van der Waals surface area (Å²) in [4.78, 5) is 14.2. The fraction of sp³-hybridized carbons (Fsp3) is 0.312. The average Bonchev–Trinajstić information content (AvgIpc) is 3.31. The van der Waals surface area contributed by atoms with Gasteiger partial charge in [-0.15, -0.1) is 20.4 Å². The molecule has 1 N–H and O–H groups in total. The zero-order valence-corrected chi connectivity index (χ0v) is 16.0. The maximum Gasteiger partial charge on any atom is 0.236 e. The smallest absolute Gasteiger partial charge is 0.236 e. The lowest BCUT2D eigenvalue weighted by Crippen LogP contribution is -2.14. The molecule has 0 spiro atoms. The number of benzene rings is 1. The van der Waals surface area contributed by atoms with Gasteiger partial charge in [-0.05, 0) is 26.0 Å². The average molecular weight is 387 g/mol. The number of aromatic nitrogens is 5. The lowest BCUT2D eigenvalue weighted by Gasteiger charge is -2.15. The van der Waals surface area contributed by atoms with Gasteiger partial charge in [-0.25, -0.2) is 0 Å². The number of nitrogens with zero attached hydrogens (tertiary/aromatic N) is 6. The Bertz CT molecular complexity index is 934. The van der Waals surface area contributed by atoms with E-state index in [9.17, 15) is 4.79 Å². The first-order valence-electron chi connectivity index (χ1n) is 8.10. The van der Waals surface area contributed by atoms with Crippen molar-refractivity contribution in [2.24, 2.45) is 0 Å². The van der Waals surface area contributed by atoms with E-state index in [1.807, 2.05) is 11.5 Å². The van der Waals surface area contributed by atoms with Crippen molar-refractivity contribution in [1.82, 2.24) is 25.0 Å². The fourth-order valence-electron chi connectivity index (χ4n) is 2.68. The molecule has 1 aromatic carbocycles. The lowest BCUT2D eigenvalue weighted by atomic mass is 10.2. The molecule has 2 aromatic heterocycles. The van der Waals surface area contributed by atoms with E-state index in [1.54, 1.807) is 0 Å². The highest BCUT2D eigenvalue weighted by Crippen LogP contribution is 2.32. The molecule has 0 bridgehead atoms. The topological polar surface area (TPSA) is 88.8 Å². The highest BCUT2D eigenvalue weighted by Gasteiger charge is 2.26. The molecule has 0 atom stereocenters. The normalized spacial score (nSPS) is 13.1. The van der Waals surface area contributed by atoms with Crippen molar-refractivity contribution >= 4 is 45.8 Å². The molecule has 26 heavy (non-hydrogen) atoms. The van der Waals surface area contributed by atoms with E-state index in [0.717, 1.165) is 34.9 Å². The lowest BCUT2D eigenvalue weighted by molar-refractivity contribution is -0.113. The zero-order valence-electron chi connectivity index (χ0n) is 14.3. The van der Waals surface area contributed by atoms with Crippen LogP contribution in [0.4, 0.5) is 16.8 Å². The van der Waals surface area contributed by atoms with Gasteiger partial charge in [-0.2, -0.15) is 0 Å². The first-order chi connectivity index (χ1) is 12.6. The molecule has 0 radical (unpaired) electrons. The standard InChI is InChI=1S/C16H17N7OS2/c1-10-3-5-12(6-4-10)22-7-8-23-15(22)20-21-16(23)25-9-13(24)17-14-19-18-11(2)26-14/h3-6H,7-9H2,1-2H3,(H,17,19,24). The molecule has 0 saturated heterocycles. The van der Waals surface area contributed by atoms with Crippen molar-refractivity contribution in [3.63, 3.8) is 0 Å². The number of carbonyl (C=O) groups excluding carboxylic acids is 1. The maximum atomic E-state index is 12.1. The van der Waals surface area contributed by atoms with Crippen molar-refractivity contribution in [3.05, 3.63) is 34.8 Å². The third-order valence-electron chi connectivity index (χ3n) is 3.94. The fourth-order valence-corrected chi connectivity index (χ4v) is 4.05. The molecule has 1 amide bonds. The number of nitrogens with one attached hydrogen (secondary N) is 1. The molecule has 134 valence electrons. The molecule has 0 fully saturated rings. The minimum atomic E-state index is -0.128. The molecule has 8 nitrogen and oxygen atoms in total.